The Hall–Kier alpha value is -3.72. The average Bonchev–Trinajstić information content (AvgIpc) is 3.57. The molecule has 2 amide bonds. The molecule has 1 saturated carbocycles. The number of pyridine rings is 1. The van der Waals surface area contributed by atoms with E-state index in [1.165, 1.54) is 12.8 Å². The van der Waals surface area contributed by atoms with Gasteiger partial charge in [0.1, 0.15) is 0 Å². The van der Waals surface area contributed by atoms with E-state index >= 15 is 0 Å². The molecule has 4 N–H and O–H groups in total. The van der Waals surface area contributed by atoms with Gasteiger partial charge in [0.05, 0.1) is 29.9 Å². The first-order valence-electron chi connectivity index (χ1n) is 13.0. The van der Waals surface area contributed by atoms with Crippen molar-refractivity contribution < 1.29 is 9.59 Å². The first-order valence-corrected chi connectivity index (χ1v) is 13.0. The number of aromatic nitrogens is 3. The maximum atomic E-state index is 13.5. The number of carbonyl (C=O) groups excluding carboxylic acids is 2. The van der Waals surface area contributed by atoms with Crippen LogP contribution in [0.15, 0.2) is 35.3 Å². The van der Waals surface area contributed by atoms with E-state index in [0.717, 1.165) is 46.1 Å². The van der Waals surface area contributed by atoms with Gasteiger partial charge in [-0.15, -0.1) is 0 Å². The van der Waals surface area contributed by atoms with Gasteiger partial charge in [-0.2, -0.15) is 5.10 Å². The van der Waals surface area contributed by atoms with Crippen molar-refractivity contribution in [2.45, 2.75) is 58.5 Å². The van der Waals surface area contributed by atoms with E-state index in [1.54, 1.807) is 11.1 Å². The van der Waals surface area contributed by atoms with Crippen LogP contribution in [-0.2, 0) is 11.3 Å². The topological polar surface area (TPSA) is 126 Å². The molecule has 37 heavy (non-hydrogen) atoms. The number of carbonyl (C=O) groups is 2. The van der Waals surface area contributed by atoms with E-state index in [0.29, 0.717) is 36.7 Å². The summed E-state index contributed by atoms with van der Waals surface area (Å²) in [6.07, 6.45) is 9.04. The van der Waals surface area contributed by atoms with Crippen LogP contribution >= 0.6 is 0 Å². The molecule has 0 radical (unpaired) electrons. The molecule has 5 rings (SSSR count). The molecule has 9 nitrogen and oxygen atoms in total. The van der Waals surface area contributed by atoms with E-state index in [1.807, 2.05) is 32.1 Å². The van der Waals surface area contributed by atoms with Crippen LogP contribution < -0.4 is 16.6 Å². The second-order valence-corrected chi connectivity index (χ2v) is 10.1. The molecule has 2 aromatic heterocycles. The van der Waals surface area contributed by atoms with Crippen LogP contribution in [0.1, 0.15) is 70.9 Å². The highest BCUT2D eigenvalue weighted by Crippen LogP contribution is 2.34. The lowest BCUT2D eigenvalue weighted by Crippen LogP contribution is -2.38. The molecule has 9 heteroatoms. The molecule has 0 saturated heterocycles. The number of hydrogen-bond donors (Lipinski definition) is 3. The zero-order chi connectivity index (χ0) is 26.1. The van der Waals surface area contributed by atoms with Crippen molar-refractivity contribution in [2.75, 3.05) is 19.6 Å². The minimum Gasteiger partial charge on any atom is -0.348 e. The third-order valence-electron chi connectivity index (χ3n) is 7.66. The van der Waals surface area contributed by atoms with Crippen LogP contribution in [0.3, 0.4) is 0 Å². The quantitative estimate of drug-likeness (QED) is 0.478. The van der Waals surface area contributed by atoms with Gasteiger partial charge in [0.15, 0.2) is 0 Å². The van der Waals surface area contributed by atoms with Crippen LogP contribution in [0.5, 0.6) is 0 Å². The number of amides is 2. The van der Waals surface area contributed by atoms with Gasteiger partial charge >= 0.3 is 0 Å². The van der Waals surface area contributed by atoms with Crippen molar-refractivity contribution in [1.29, 1.82) is 0 Å². The predicted molar refractivity (Wildman–Crippen MR) is 143 cm³/mol. The Morgan fingerprint density at radius 3 is 2.65 bits per heavy atom. The minimum atomic E-state index is -0.242. The van der Waals surface area contributed by atoms with Gasteiger partial charge in [0, 0.05) is 36.3 Å². The molecule has 1 fully saturated rings. The second-order valence-electron chi connectivity index (χ2n) is 10.1. The summed E-state index contributed by atoms with van der Waals surface area (Å²) in [5.74, 6) is -0.306. The number of aromatic amines is 1. The number of H-pyrrole nitrogens is 1. The number of aryl methyl sites for hydroxylation is 2. The molecule has 0 unspecified atom stereocenters. The first kappa shape index (κ1) is 25.0. The van der Waals surface area contributed by atoms with Gasteiger partial charge in [-0.25, -0.2) is 0 Å². The minimum absolute atomic E-state index is 0.00329. The van der Waals surface area contributed by atoms with E-state index in [9.17, 15) is 14.4 Å². The summed E-state index contributed by atoms with van der Waals surface area (Å²) in [5, 5.41) is 8.47. The molecule has 3 aromatic rings. The van der Waals surface area contributed by atoms with Crippen LogP contribution in [0.25, 0.3) is 16.5 Å². The summed E-state index contributed by atoms with van der Waals surface area (Å²) in [6, 6.07) is 6.27. The molecule has 194 valence electrons. The SMILES string of the molecule is Cc1cc(C)c(CNC(=O)c2cc(C3=CCN(C(=O)CN)CC3)cc3c2cnn3C2CCCC2)c(=O)[nH]1. The number of nitrogens with zero attached hydrogens (tertiary/aromatic N) is 3. The zero-order valence-corrected chi connectivity index (χ0v) is 21.5. The van der Waals surface area contributed by atoms with Crippen molar-refractivity contribution >= 4 is 28.3 Å². The summed E-state index contributed by atoms with van der Waals surface area (Å²) in [7, 11) is 0. The zero-order valence-electron chi connectivity index (χ0n) is 21.5. The van der Waals surface area contributed by atoms with Crippen molar-refractivity contribution in [3.63, 3.8) is 0 Å². The first-order chi connectivity index (χ1) is 17.9. The summed E-state index contributed by atoms with van der Waals surface area (Å²) >= 11 is 0. The van der Waals surface area contributed by atoms with Gasteiger partial charge in [-0.1, -0.05) is 18.9 Å². The Kier molecular flexibility index (Phi) is 6.97. The lowest BCUT2D eigenvalue weighted by molar-refractivity contribution is -0.129. The van der Waals surface area contributed by atoms with Crippen LogP contribution in [0.4, 0.5) is 0 Å². The number of rotatable bonds is 6. The fourth-order valence-corrected chi connectivity index (χ4v) is 5.61. The fraction of sp³-hybridized carbons (Fsp3) is 0.429. The standard InChI is InChI=1S/C28H34N6O3/c1-17-11-18(2)32-28(37)23(17)15-30-27(36)22-12-20(19-7-9-33(10-8-19)26(35)14-29)13-25-24(22)16-31-34(25)21-5-3-4-6-21/h7,11-13,16,21H,3-6,8-10,14-15,29H2,1-2H3,(H,30,36)(H,32,37). The van der Waals surface area contributed by atoms with Gasteiger partial charge in [0.2, 0.25) is 5.91 Å². The molecule has 1 aromatic carbocycles. The lowest BCUT2D eigenvalue weighted by Gasteiger charge is -2.26. The third-order valence-corrected chi connectivity index (χ3v) is 7.66. The molecule has 0 spiro atoms. The number of nitrogens with two attached hydrogens (primary N) is 1. The fourth-order valence-electron chi connectivity index (χ4n) is 5.61. The van der Waals surface area contributed by atoms with E-state index < -0.39 is 0 Å². The van der Waals surface area contributed by atoms with Gasteiger partial charge in [-0.05, 0) is 68.0 Å². The van der Waals surface area contributed by atoms with Gasteiger partial charge in [-0.3, -0.25) is 19.1 Å². The van der Waals surface area contributed by atoms with Gasteiger partial charge < -0.3 is 20.9 Å². The number of nitrogens with one attached hydrogen (secondary N) is 2. The highest BCUT2D eigenvalue weighted by Gasteiger charge is 2.24. The predicted octanol–water partition coefficient (Wildman–Crippen LogP) is 2.96. The summed E-state index contributed by atoms with van der Waals surface area (Å²) in [4.78, 5) is 42.6. The smallest absolute Gasteiger partial charge is 0.253 e. The Balaban J connectivity index is 1.50. The van der Waals surface area contributed by atoms with Gasteiger partial charge in [0.25, 0.3) is 11.5 Å². The molecule has 3 heterocycles. The molecular weight excluding hydrogens is 468 g/mol. The Morgan fingerprint density at radius 2 is 1.97 bits per heavy atom. The van der Waals surface area contributed by atoms with Crippen LogP contribution in [-0.4, -0.2) is 51.1 Å². The van der Waals surface area contributed by atoms with Crippen molar-refractivity contribution in [1.82, 2.24) is 25.0 Å². The van der Waals surface area contributed by atoms with Crippen LogP contribution in [0.2, 0.25) is 0 Å². The maximum Gasteiger partial charge on any atom is 0.253 e. The molecule has 1 aliphatic carbocycles. The Bertz CT molecular complexity index is 1440. The third kappa shape index (κ3) is 4.96. The lowest BCUT2D eigenvalue weighted by atomic mass is 9.95. The average molecular weight is 503 g/mol. The summed E-state index contributed by atoms with van der Waals surface area (Å²) in [5.41, 5.74) is 11.1. The monoisotopic (exact) mass is 502 g/mol. The van der Waals surface area contributed by atoms with E-state index in [4.69, 9.17) is 10.8 Å². The van der Waals surface area contributed by atoms with E-state index in [2.05, 4.69) is 21.0 Å². The molecule has 1 aliphatic heterocycles. The molecule has 0 bridgehead atoms. The normalized spacial score (nSPS) is 16.3. The largest absolute Gasteiger partial charge is 0.348 e. The van der Waals surface area contributed by atoms with Crippen molar-refractivity contribution in [2.24, 2.45) is 5.73 Å². The highest BCUT2D eigenvalue weighted by atomic mass is 16.2. The molecular formula is C28H34N6O3. The number of hydrogen-bond acceptors (Lipinski definition) is 5. The second kappa shape index (κ2) is 10.3. The maximum absolute atomic E-state index is 13.5. The van der Waals surface area contributed by atoms with Crippen LogP contribution in [0, 0.1) is 13.8 Å². The van der Waals surface area contributed by atoms with E-state index in [-0.39, 0.29) is 30.5 Å². The summed E-state index contributed by atoms with van der Waals surface area (Å²) in [6.45, 7) is 4.96. The number of fused-ring (bicyclic) bond motifs is 1. The highest BCUT2D eigenvalue weighted by molar-refractivity contribution is 6.07. The Labute approximate surface area is 215 Å². The Morgan fingerprint density at radius 1 is 1.19 bits per heavy atom. The molecule has 0 atom stereocenters. The van der Waals surface area contributed by atoms with Crippen molar-refractivity contribution in [3.8, 4) is 0 Å². The number of benzene rings is 1. The van der Waals surface area contributed by atoms with Crippen molar-refractivity contribution in [3.05, 3.63) is 68.8 Å². The molecule has 2 aliphatic rings. The summed E-state index contributed by atoms with van der Waals surface area (Å²) < 4.78 is 2.07.